The Morgan fingerprint density at radius 1 is 1.47 bits per heavy atom. The smallest absolute Gasteiger partial charge is 0.351 e. The van der Waals surface area contributed by atoms with E-state index in [0.29, 0.717) is 11.8 Å². The van der Waals surface area contributed by atoms with Gasteiger partial charge >= 0.3 is 5.69 Å². The zero-order valence-electron chi connectivity index (χ0n) is 10.3. The van der Waals surface area contributed by atoms with Crippen molar-refractivity contribution in [2.45, 2.75) is 39.5 Å². The Kier molecular flexibility index (Phi) is 3.54. The van der Waals surface area contributed by atoms with Crippen molar-refractivity contribution in [3.63, 3.8) is 0 Å². The third-order valence-electron chi connectivity index (χ3n) is 3.65. The molecule has 0 saturated carbocycles. The van der Waals surface area contributed by atoms with Gasteiger partial charge in [0.2, 0.25) is 0 Å². The predicted molar refractivity (Wildman–Crippen MR) is 66.0 cm³/mol. The maximum absolute atomic E-state index is 11.8. The van der Waals surface area contributed by atoms with Crippen LogP contribution in [0.25, 0.3) is 0 Å². The van der Waals surface area contributed by atoms with Gasteiger partial charge in [0, 0.05) is 12.1 Å². The molecular weight excluding hydrogens is 240 g/mol. The summed E-state index contributed by atoms with van der Waals surface area (Å²) in [7, 11) is 0. The summed E-state index contributed by atoms with van der Waals surface area (Å²) in [6.45, 7) is 6.36. The highest BCUT2D eigenvalue weighted by molar-refractivity contribution is 6.29. The van der Waals surface area contributed by atoms with Gasteiger partial charge in [-0.3, -0.25) is 4.57 Å². The van der Waals surface area contributed by atoms with E-state index >= 15 is 0 Å². The van der Waals surface area contributed by atoms with Crippen molar-refractivity contribution >= 4 is 11.6 Å². The Morgan fingerprint density at radius 3 is 2.71 bits per heavy atom. The SMILES string of the molecule is CC[C@H]1O[C@@H](n2ccc(Cl)nc2=O)C(C)[C@H]1C. The predicted octanol–water partition coefficient (Wildman–Crippen LogP) is 2.48. The van der Waals surface area contributed by atoms with Crippen LogP contribution in [0.5, 0.6) is 0 Å². The molecule has 0 aliphatic carbocycles. The molecule has 1 unspecified atom stereocenters. The van der Waals surface area contributed by atoms with Crippen LogP contribution in [0.2, 0.25) is 5.15 Å². The van der Waals surface area contributed by atoms with Crippen molar-refractivity contribution in [2.24, 2.45) is 11.8 Å². The van der Waals surface area contributed by atoms with Crippen LogP contribution < -0.4 is 5.69 Å². The molecule has 2 heterocycles. The van der Waals surface area contributed by atoms with Crippen LogP contribution in [-0.2, 0) is 4.74 Å². The number of ether oxygens (including phenoxy) is 1. The Morgan fingerprint density at radius 2 is 2.18 bits per heavy atom. The molecule has 2 rings (SSSR count). The standard InChI is InChI=1S/C12H17ClN2O2/c1-4-9-7(2)8(3)11(17-9)15-6-5-10(13)14-12(15)16/h5-9,11H,4H2,1-3H3/t7-,8?,9-,11-/m1/s1. The average Bonchev–Trinajstić information content (AvgIpc) is 2.57. The molecule has 4 atom stereocenters. The van der Waals surface area contributed by atoms with Gasteiger partial charge in [0.25, 0.3) is 0 Å². The van der Waals surface area contributed by atoms with E-state index in [1.165, 1.54) is 4.57 Å². The highest BCUT2D eigenvalue weighted by Crippen LogP contribution is 2.39. The van der Waals surface area contributed by atoms with Crippen molar-refractivity contribution in [1.82, 2.24) is 9.55 Å². The Balaban J connectivity index is 2.32. The molecular formula is C12H17ClN2O2. The van der Waals surface area contributed by atoms with Crippen LogP contribution in [0.15, 0.2) is 17.1 Å². The van der Waals surface area contributed by atoms with Crippen LogP contribution >= 0.6 is 11.6 Å². The summed E-state index contributed by atoms with van der Waals surface area (Å²) < 4.78 is 7.45. The molecule has 0 amide bonds. The van der Waals surface area contributed by atoms with Gasteiger partial charge in [0.05, 0.1) is 6.10 Å². The molecule has 94 valence electrons. The van der Waals surface area contributed by atoms with Gasteiger partial charge in [-0.1, -0.05) is 32.4 Å². The third kappa shape index (κ3) is 2.24. The summed E-state index contributed by atoms with van der Waals surface area (Å²) in [5.41, 5.74) is -0.349. The van der Waals surface area contributed by atoms with E-state index in [2.05, 4.69) is 25.8 Å². The number of hydrogen-bond acceptors (Lipinski definition) is 3. The second-order valence-corrected chi connectivity index (χ2v) is 5.02. The first kappa shape index (κ1) is 12.6. The van der Waals surface area contributed by atoms with Crippen molar-refractivity contribution in [3.05, 3.63) is 27.9 Å². The summed E-state index contributed by atoms with van der Waals surface area (Å²) in [5, 5.41) is 0.219. The van der Waals surface area contributed by atoms with E-state index in [1.807, 2.05) is 0 Å². The van der Waals surface area contributed by atoms with Gasteiger partial charge in [-0.2, -0.15) is 4.98 Å². The van der Waals surface area contributed by atoms with E-state index in [-0.39, 0.29) is 23.2 Å². The average molecular weight is 257 g/mol. The van der Waals surface area contributed by atoms with Crippen LogP contribution in [0, 0.1) is 11.8 Å². The Hall–Kier alpha value is -0.870. The minimum atomic E-state index is -0.349. The first-order valence-electron chi connectivity index (χ1n) is 5.94. The molecule has 0 spiro atoms. The van der Waals surface area contributed by atoms with Crippen LogP contribution in [0.1, 0.15) is 33.4 Å². The summed E-state index contributed by atoms with van der Waals surface area (Å²) >= 11 is 5.68. The molecule has 0 aromatic carbocycles. The largest absolute Gasteiger partial charge is 0.354 e. The first-order valence-corrected chi connectivity index (χ1v) is 6.32. The monoisotopic (exact) mass is 256 g/mol. The van der Waals surface area contributed by atoms with Gasteiger partial charge in [-0.15, -0.1) is 0 Å². The highest BCUT2D eigenvalue weighted by Gasteiger charge is 2.39. The van der Waals surface area contributed by atoms with E-state index in [9.17, 15) is 4.79 Å². The Labute approximate surface area is 106 Å². The fraction of sp³-hybridized carbons (Fsp3) is 0.667. The molecule has 0 radical (unpaired) electrons. The lowest BCUT2D eigenvalue weighted by Gasteiger charge is -2.18. The second kappa shape index (κ2) is 4.78. The van der Waals surface area contributed by atoms with E-state index in [0.717, 1.165) is 6.42 Å². The maximum atomic E-state index is 11.8. The minimum Gasteiger partial charge on any atom is -0.354 e. The van der Waals surface area contributed by atoms with Gasteiger partial charge < -0.3 is 4.74 Å². The third-order valence-corrected chi connectivity index (χ3v) is 3.86. The molecule has 0 N–H and O–H groups in total. The zero-order chi connectivity index (χ0) is 12.6. The van der Waals surface area contributed by atoms with Crippen molar-refractivity contribution in [1.29, 1.82) is 0 Å². The van der Waals surface area contributed by atoms with Gasteiger partial charge in [0.15, 0.2) is 0 Å². The topological polar surface area (TPSA) is 44.1 Å². The molecule has 4 nitrogen and oxygen atoms in total. The molecule has 1 fully saturated rings. The molecule has 1 saturated heterocycles. The fourth-order valence-electron chi connectivity index (χ4n) is 2.40. The quantitative estimate of drug-likeness (QED) is 0.764. The fourth-order valence-corrected chi connectivity index (χ4v) is 2.53. The van der Waals surface area contributed by atoms with Crippen molar-refractivity contribution in [3.8, 4) is 0 Å². The van der Waals surface area contributed by atoms with E-state index in [1.54, 1.807) is 12.3 Å². The molecule has 5 heteroatoms. The molecule has 1 aromatic heterocycles. The molecule has 1 aliphatic rings. The summed E-state index contributed by atoms with van der Waals surface area (Å²) in [4.78, 5) is 15.5. The number of halogens is 1. The maximum Gasteiger partial charge on any atom is 0.351 e. The van der Waals surface area contributed by atoms with Crippen LogP contribution in [-0.4, -0.2) is 15.7 Å². The van der Waals surface area contributed by atoms with Crippen LogP contribution in [0.3, 0.4) is 0 Å². The highest BCUT2D eigenvalue weighted by atomic mass is 35.5. The van der Waals surface area contributed by atoms with E-state index in [4.69, 9.17) is 16.3 Å². The molecule has 1 aliphatic heterocycles. The van der Waals surface area contributed by atoms with Gasteiger partial charge in [-0.05, 0) is 18.4 Å². The molecule has 1 aromatic rings. The van der Waals surface area contributed by atoms with Crippen molar-refractivity contribution in [2.75, 3.05) is 0 Å². The summed E-state index contributed by atoms with van der Waals surface area (Å²) in [6.07, 6.45) is 2.59. The lowest BCUT2D eigenvalue weighted by molar-refractivity contribution is -0.0168. The number of nitrogens with zero attached hydrogens (tertiary/aromatic N) is 2. The minimum absolute atomic E-state index is 0.206. The zero-order valence-corrected chi connectivity index (χ0v) is 11.0. The first-order chi connectivity index (χ1) is 8.04. The lowest BCUT2D eigenvalue weighted by Crippen LogP contribution is -2.29. The number of hydrogen-bond donors (Lipinski definition) is 0. The van der Waals surface area contributed by atoms with Crippen LogP contribution in [0.4, 0.5) is 0 Å². The van der Waals surface area contributed by atoms with Crippen molar-refractivity contribution < 1.29 is 4.74 Å². The molecule has 0 bridgehead atoms. The molecule has 17 heavy (non-hydrogen) atoms. The van der Waals surface area contributed by atoms with E-state index < -0.39 is 0 Å². The van der Waals surface area contributed by atoms with Gasteiger partial charge in [0.1, 0.15) is 11.4 Å². The number of rotatable bonds is 2. The second-order valence-electron chi connectivity index (χ2n) is 4.63. The summed E-state index contributed by atoms with van der Waals surface area (Å²) in [6, 6.07) is 1.61. The number of aromatic nitrogens is 2. The Bertz CT molecular complexity index is 460. The summed E-state index contributed by atoms with van der Waals surface area (Å²) in [5.74, 6) is 0.730. The normalized spacial score (nSPS) is 32.9. The van der Waals surface area contributed by atoms with Gasteiger partial charge in [-0.25, -0.2) is 4.79 Å². The lowest BCUT2D eigenvalue weighted by atomic mass is 9.91.